The summed E-state index contributed by atoms with van der Waals surface area (Å²) >= 11 is 0. The zero-order valence-corrected chi connectivity index (χ0v) is 18.3. The predicted molar refractivity (Wildman–Crippen MR) is 121 cm³/mol. The SMILES string of the molecule is COc1cccc(NS(=O)(=O)c2ccc(OCC(=O)Nc3cccc(C(C)=O)c3)cc2)c1. The molecule has 166 valence electrons. The number of Topliss-reactive ketones (excluding diaryl/α,β-unsaturated/α-hetero) is 1. The molecule has 8 nitrogen and oxygen atoms in total. The van der Waals surface area contributed by atoms with Crippen LogP contribution >= 0.6 is 0 Å². The molecule has 32 heavy (non-hydrogen) atoms. The molecule has 0 saturated carbocycles. The van der Waals surface area contributed by atoms with Gasteiger partial charge in [-0.3, -0.25) is 14.3 Å². The number of amides is 1. The Hall–Kier alpha value is -3.85. The van der Waals surface area contributed by atoms with Gasteiger partial charge in [-0.05, 0) is 55.5 Å². The first kappa shape index (κ1) is 22.8. The molecule has 0 aromatic heterocycles. The zero-order chi connectivity index (χ0) is 23.1. The Bertz CT molecular complexity index is 1220. The largest absolute Gasteiger partial charge is 0.497 e. The number of ether oxygens (including phenoxy) is 2. The number of carbonyl (C=O) groups is 2. The fourth-order valence-electron chi connectivity index (χ4n) is 2.78. The molecule has 0 aliphatic rings. The lowest BCUT2D eigenvalue weighted by molar-refractivity contribution is -0.118. The highest BCUT2D eigenvalue weighted by molar-refractivity contribution is 7.92. The highest BCUT2D eigenvalue weighted by Gasteiger charge is 2.15. The van der Waals surface area contributed by atoms with Crippen molar-refractivity contribution in [1.82, 2.24) is 0 Å². The van der Waals surface area contributed by atoms with Crippen LogP contribution in [0.4, 0.5) is 11.4 Å². The van der Waals surface area contributed by atoms with Crippen LogP contribution in [0.1, 0.15) is 17.3 Å². The van der Waals surface area contributed by atoms with Crippen molar-refractivity contribution in [2.24, 2.45) is 0 Å². The molecule has 2 N–H and O–H groups in total. The van der Waals surface area contributed by atoms with Gasteiger partial charge in [-0.1, -0.05) is 18.2 Å². The maximum atomic E-state index is 12.6. The van der Waals surface area contributed by atoms with Gasteiger partial charge in [0, 0.05) is 17.3 Å². The second kappa shape index (κ2) is 9.97. The van der Waals surface area contributed by atoms with Crippen LogP contribution in [0.25, 0.3) is 0 Å². The lowest BCUT2D eigenvalue weighted by Crippen LogP contribution is -2.20. The molecule has 3 aromatic rings. The Labute approximate surface area is 186 Å². The molecule has 0 spiro atoms. The average molecular weight is 455 g/mol. The quantitative estimate of drug-likeness (QED) is 0.477. The molecule has 1 amide bonds. The molecular formula is C23H22N2O6S. The summed E-state index contributed by atoms with van der Waals surface area (Å²) < 4.78 is 38.1. The Morgan fingerprint density at radius 1 is 0.875 bits per heavy atom. The van der Waals surface area contributed by atoms with Crippen LogP contribution in [-0.2, 0) is 14.8 Å². The molecule has 3 aromatic carbocycles. The monoisotopic (exact) mass is 454 g/mol. The number of sulfonamides is 1. The van der Waals surface area contributed by atoms with Crippen LogP contribution in [0, 0.1) is 0 Å². The summed E-state index contributed by atoms with van der Waals surface area (Å²) in [6.07, 6.45) is 0. The van der Waals surface area contributed by atoms with E-state index in [1.165, 1.54) is 38.3 Å². The first-order valence-electron chi connectivity index (χ1n) is 9.57. The van der Waals surface area contributed by atoms with Crippen LogP contribution in [0.2, 0.25) is 0 Å². The predicted octanol–water partition coefficient (Wildman–Crippen LogP) is 3.72. The summed E-state index contributed by atoms with van der Waals surface area (Å²) in [5.41, 5.74) is 1.34. The minimum atomic E-state index is -3.81. The normalized spacial score (nSPS) is 10.8. The van der Waals surface area contributed by atoms with E-state index in [4.69, 9.17) is 9.47 Å². The summed E-state index contributed by atoms with van der Waals surface area (Å²) in [4.78, 5) is 23.6. The number of carbonyl (C=O) groups excluding carboxylic acids is 2. The topological polar surface area (TPSA) is 111 Å². The number of rotatable bonds is 9. The van der Waals surface area contributed by atoms with Gasteiger partial charge in [0.2, 0.25) is 0 Å². The van der Waals surface area contributed by atoms with Gasteiger partial charge in [0.05, 0.1) is 17.7 Å². The summed E-state index contributed by atoms with van der Waals surface area (Å²) in [6.45, 7) is 1.17. The fraction of sp³-hybridized carbons (Fsp3) is 0.130. The van der Waals surface area contributed by atoms with E-state index < -0.39 is 15.9 Å². The second-order valence-electron chi connectivity index (χ2n) is 6.78. The van der Waals surface area contributed by atoms with Crippen LogP contribution in [-0.4, -0.2) is 33.8 Å². The van der Waals surface area contributed by atoms with Crippen molar-refractivity contribution < 1.29 is 27.5 Å². The highest BCUT2D eigenvalue weighted by atomic mass is 32.2. The van der Waals surface area contributed by atoms with E-state index in [2.05, 4.69) is 10.0 Å². The molecule has 9 heteroatoms. The number of nitrogens with one attached hydrogen (secondary N) is 2. The lowest BCUT2D eigenvalue weighted by Gasteiger charge is -2.11. The van der Waals surface area contributed by atoms with Gasteiger partial charge < -0.3 is 14.8 Å². The standard InChI is InChI=1S/C23H22N2O6S/c1-16(26)17-5-3-6-18(13-17)24-23(27)15-31-20-9-11-22(12-10-20)32(28,29)25-19-7-4-8-21(14-19)30-2/h3-14,25H,15H2,1-2H3,(H,24,27). The lowest BCUT2D eigenvalue weighted by atomic mass is 10.1. The number of hydrogen-bond donors (Lipinski definition) is 2. The van der Waals surface area contributed by atoms with Crippen LogP contribution in [0.3, 0.4) is 0 Å². The molecule has 0 atom stereocenters. The van der Waals surface area contributed by atoms with Crippen molar-refractivity contribution in [3.63, 3.8) is 0 Å². The third-order valence-corrected chi connectivity index (χ3v) is 5.78. The molecule has 0 radical (unpaired) electrons. The average Bonchev–Trinajstić information content (AvgIpc) is 2.78. The van der Waals surface area contributed by atoms with Gasteiger partial charge in [0.15, 0.2) is 12.4 Å². The molecule has 0 fully saturated rings. The van der Waals surface area contributed by atoms with Crippen LogP contribution in [0.15, 0.2) is 77.7 Å². The van der Waals surface area contributed by atoms with Gasteiger partial charge in [0.25, 0.3) is 15.9 Å². The van der Waals surface area contributed by atoms with Crippen molar-refractivity contribution >= 4 is 33.1 Å². The maximum absolute atomic E-state index is 12.6. The Morgan fingerprint density at radius 3 is 2.25 bits per heavy atom. The molecule has 3 rings (SSSR count). The first-order chi connectivity index (χ1) is 15.3. The van der Waals surface area contributed by atoms with Crippen LogP contribution in [0.5, 0.6) is 11.5 Å². The summed E-state index contributed by atoms with van der Waals surface area (Å²) in [5.74, 6) is 0.341. The zero-order valence-electron chi connectivity index (χ0n) is 17.5. The van der Waals surface area contributed by atoms with E-state index in [0.29, 0.717) is 28.4 Å². The number of methoxy groups -OCH3 is 1. The summed E-state index contributed by atoms with van der Waals surface area (Å²) in [6, 6.07) is 18.8. The smallest absolute Gasteiger partial charge is 0.262 e. The molecule has 0 aliphatic carbocycles. The van der Waals surface area contributed by atoms with Gasteiger partial charge in [-0.25, -0.2) is 8.42 Å². The summed E-state index contributed by atoms with van der Waals surface area (Å²) in [7, 11) is -2.31. The Morgan fingerprint density at radius 2 is 1.56 bits per heavy atom. The minimum Gasteiger partial charge on any atom is -0.497 e. The van der Waals surface area contributed by atoms with E-state index in [-0.39, 0.29) is 17.3 Å². The van der Waals surface area contributed by atoms with E-state index in [1.807, 2.05) is 0 Å². The van der Waals surface area contributed by atoms with E-state index >= 15 is 0 Å². The summed E-state index contributed by atoms with van der Waals surface area (Å²) in [5, 5.41) is 2.65. The van der Waals surface area contributed by atoms with Gasteiger partial charge in [-0.15, -0.1) is 0 Å². The molecule has 0 bridgehead atoms. The first-order valence-corrected chi connectivity index (χ1v) is 11.1. The fourth-order valence-corrected chi connectivity index (χ4v) is 3.83. The van der Waals surface area contributed by atoms with Crippen molar-refractivity contribution in [3.8, 4) is 11.5 Å². The number of hydrogen-bond acceptors (Lipinski definition) is 6. The molecule has 0 aliphatic heterocycles. The second-order valence-corrected chi connectivity index (χ2v) is 8.47. The van der Waals surface area contributed by atoms with Crippen molar-refractivity contribution in [2.75, 3.05) is 23.8 Å². The third kappa shape index (κ3) is 6.08. The molecule has 0 unspecified atom stereocenters. The maximum Gasteiger partial charge on any atom is 0.262 e. The Kier molecular flexibility index (Phi) is 7.11. The number of ketones is 1. The number of benzene rings is 3. The van der Waals surface area contributed by atoms with E-state index in [1.54, 1.807) is 48.5 Å². The molecule has 0 saturated heterocycles. The molecular weight excluding hydrogens is 432 g/mol. The van der Waals surface area contributed by atoms with Crippen molar-refractivity contribution in [1.29, 1.82) is 0 Å². The molecule has 0 heterocycles. The van der Waals surface area contributed by atoms with E-state index in [9.17, 15) is 18.0 Å². The Balaban J connectivity index is 1.58. The van der Waals surface area contributed by atoms with Gasteiger partial charge in [-0.2, -0.15) is 0 Å². The minimum absolute atomic E-state index is 0.0400. The van der Waals surface area contributed by atoms with Crippen molar-refractivity contribution in [2.45, 2.75) is 11.8 Å². The highest BCUT2D eigenvalue weighted by Crippen LogP contribution is 2.22. The number of anilines is 2. The van der Waals surface area contributed by atoms with Gasteiger partial charge >= 0.3 is 0 Å². The van der Waals surface area contributed by atoms with E-state index in [0.717, 1.165) is 0 Å². The van der Waals surface area contributed by atoms with Gasteiger partial charge in [0.1, 0.15) is 11.5 Å². The van der Waals surface area contributed by atoms with Crippen molar-refractivity contribution in [3.05, 3.63) is 78.4 Å². The third-order valence-electron chi connectivity index (χ3n) is 4.38. The van der Waals surface area contributed by atoms with Crippen LogP contribution < -0.4 is 19.5 Å².